The van der Waals surface area contributed by atoms with Crippen molar-refractivity contribution in [2.24, 2.45) is 42.3 Å². The van der Waals surface area contributed by atoms with Crippen molar-refractivity contribution >= 4 is 0 Å². The Morgan fingerprint density at radius 2 is 0.417 bits per heavy atom. The molecule has 0 fully saturated rings. The molecule has 0 N–H and O–H groups in total. The fourth-order valence-electron chi connectivity index (χ4n) is 1.84. The second kappa shape index (κ2) is 6.52. The lowest BCUT2D eigenvalue weighted by Gasteiger charge is -2.02. The summed E-state index contributed by atoms with van der Waals surface area (Å²) in [6.45, 7) is 0. The molecule has 132 valence electrons. The van der Waals surface area contributed by atoms with Crippen molar-refractivity contribution in [1.82, 2.24) is 27.4 Å². The van der Waals surface area contributed by atoms with Crippen LogP contribution in [-0.4, -0.2) is 27.4 Å². The summed E-state index contributed by atoms with van der Waals surface area (Å²) in [5.41, 5.74) is -3.65. The minimum atomic E-state index is -0.608. The van der Waals surface area contributed by atoms with Crippen LogP contribution in [0.15, 0.2) is 28.8 Å². The van der Waals surface area contributed by atoms with E-state index in [1.54, 1.807) is 0 Å². The van der Waals surface area contributed by atoms with Crippen LogP contribution < -0.4 is 34.1 Å². The van der Waals surface area contributed by atoms with Crippen LogP contribution >= 0.6 is 0 Å². The Hall–Kier alpha value is -3.18. The molecule has 2 aromatic rings. The predicted molar refractivity (Wildman–Crippen MR) is 84.3 cm³/mol. The summed E-state index contributed by atoms with van der Waals surface area (Å²) in [5, 5.41) is 0. The summed E-state index contributed by atoms with van der Waals surface area (Å²) < 4.78 is 5.26. The summed E-state index contributed by atoms with van der Waals surface area (Å²) in [6.07, 6.45) is 0. The van der Waals surface area contributed by atoms with Gasteiger partial charge in [0.15, 0.2) is 0 Å². The Morgan fingerprint density at radius 3 is 0.500 bits per heavy atom. The van der Waals surface area contributed by atoms with Gasteiger partial charge < -0.3 is 0 Å². The molecule has 2 aromatic heterocycles. The van der Waals surface area contributed by atoms with Crippen molar-refractivity contribution in [3.05, 3.63) is 62.9 Å². The quantitative estimate of drug-likeness (QED) is 0.474. The van der Waals surface area contributed by atoms with Gasteiger partial charge in [-0.2, -0.15) is 0 Å². The fraction of sp³-hybridized carbons (Fsp3) is 0.500. The second-order valence-electron chi connectivity index (χ2n) is 5.05. The summed E-state index contributed by atoms with van der Waals surface area (Å²) in [5.74, 6) is 0. The van der Waals surface area contributed by atoms with Crippen LogP contribution in [-0.2, 0) is 42.3 Å². The molecule has 12 heteroatoms. The zero-order valence-electron chi connectivity index (χ0n) is 14.1. The number of aromatic nitrogens is 6. The molecule has 2 heterocycles. The lowest BCUT2D eigenvalue weighted by molar-refractivity contribution is 0.551. The van der Waals surface area contributed by atoms with Crippen molar-refractivity contribution in [3.8, 4) is 0 Å². The molecule has 0 bridgehead atoms. The van der Waals surface area contributed by atoms with E-state index in [4.69, 9.17) is 0 Å². The third-order valence-corrected chi connectivity index (χ3v) is 3.44. The summed E-state index contributed by atoms with van der Waals surface area (Å²) in [7, 11) is 7.94. The van der Waals surface area contributed by atoms with Gasteiger partial charge in [-0.1, -0.05) is 0 Å². The summed E-state index contributed by atoms with van der Waals surface area (Å²) in [6, 6.07) is 0. The highest BCUT2D eigenvalue weighted by Gasteiger charge is 2.06. The highest BCUT2D eigenvalue weighted by Crippen LogP contribution is 1.59. The van der Waals surface area contributed by atoms with Gasteiger partial charge in [0.2, 0.25) is 0 Å². The van der Waals surface area contributed by atoms with Gasteiger partial charge in [-0.15, -0.1) is 0 Å². The number of nitrogens with zero attached hydrogens (tertiary/aromatic N) is 6. The zero-order chi connectivity index (χ0) is 18.9. The summed E-state index contributed by atoms with van der Waals surface area (Å²) >= 11 is 0. The lowest BCUT2D eigenvalue weighted by Crippen LogP contribution is -2.51. The zero-order valence-corrected chi connectivity index (χ0v) is 14.1. The first-order valence-corrected chi connectivity index (χ1v) is 6.59. The Balaban J connectivity index is 0.000000240. The van der Waals surface area contributed by atoms with E-state index in [9.17, 15) is 28.8 Å². The van der Waals surface area contributed by atoms with Crippen LogP contribution in [0.4, 0.5) is 0 Å². The van der Waals surface area contributed by atoms with Crippen molar-refractivity contribution < 1.29 is 0 Å². The molecular formula is C12H18N6O6. The maximum atomic E-state index is 11.1. The molecule has 2 rings (SSSR count). The van der Waals surface area contributed by atoms with E-state index in [-0.39, 0.29) is 0 Å². The van der Waals surface area contributed by atoms with Crippen LogP contribution in [0.2, 0.25) is 0 Å². The Bertz CT molecular complexity index is 841. The first-order chi connectivity index (χ1) is 10.9. The minimum Gasteiger partial charge on any atom is -0.248 e. The number of hydrogen-bond acceptors (Lipinski definition) is 6. The average Bonchev–Trinajstić information content (AvgIpc) is 2.58. The molecule has 0 atom stereocenters. The van der Waals surface area contributed by atoms with Crippen molar-refractivity contribution in [2.45, 2.75) is 0 Å². The molecule has 0 radical (unpaired) electrons. The largest absolute Gasteiger partial charge is 0.335 e. The van der Waals surface area contributed by atoms with Gasteiger partial charge in [-0.3, -0.25) is 0 Å². The van der Waals surface area contributed by atoms with E-state index >= 15 is 0 Å². The molecule has 0 aliphatic heterocycles. The van der Waals surface area contributed by atoms with Crippen LogP contribution in [0.25, 0.3) is 0 Å². The first kappa shape index (κ1) is 18.9. The van der Waals surface area contributed by atoms with Gasteiger partial charge in [0.05, 0.1) is 0 Å². The monoisotopic (exact) mass is 342 g/mol. The third-order valence-electron chi connectivity index (χ3n) is 3.44. The van der Waals surface area contributed by atoms with E-state index in [0.717, 1.165) is 27.4 Å². The van der Waals surface area contributed by atoms with Crippen LogP contribution in [0.1, 0.15) is 0 Å². The maximum absolute atomic E-state index is 11.1. The molecular weight excluding hydrogens is 324 g/mol. The summed E-state index contributed by atoms with van der Waals surface area (Å²) in [4.78, 5) is 66.4. The average molecular weight is 342 g/mol. The molecule has 0 aromatic carbocycles. The molecule has 0 amide bonds. The SMILES string of the molecule is Cn1c(=O)n(C)c(=O)n(C)c1=O.Cn1c(=O)n(C)c(=O)n(C)c1=O. The molecule has 24 heavy (non-hydrogen) atoms. The van der Waals surface area contributed by atoms with Crippen molar-refractivity contribution in [3.63, 3.8) is 0 Å². The van der Waals surface area contributed by atoms with E-state index in [1.807, 2.05) is 0 Å². The van der Waals surface area contributed by atoms with Crippen LogP contribution in [0, 0.1) is 0 Å². The topological polar surface area (TPSA) is 132 Å². The fourth-order valence-corrected chi connectivity index (χ4v) is 1.84. The van der Waals surface area contributed by atoms with Crippen molar-refractivity contribution in [1.29, 1.82) is 0 Å². The van der Waals surface area contributed by atoms with E-state index < -0.39 is 34.1 Å². The van der Waals surface area contributed by atoms with Crippen LogP contribution in [0.5, 0.6) is 0 Å². The van der Waals surface area contributed by atoms with E-state index in [0.29, 0.717) is 0 Å². The molecule has 12 nitrogen and oxygen atoms in total. The maximum Gasteiger partial charge on any atom is 0.335 e. The van der Waals surface area contributed by atoms with Gasteiger partial charge in [0.1, 0.15) is 0 Å². The molecule has 0 unspecified atom stereocenters. The molecule has 0 saturated heterocycles. The normalized spacial score (nSPS) is 10.2. The molecule has 0 saturated carbocycles. The Labute approximate surface area is 133 Å². The van der Waals surface area contributed by atoms with E-state index in [2.05, 4.69) is 0 Å². The molecule has 0 aliphatic carbocycles. The Morgan fingerprint density at radius 1 is 0.333 bits per heavy atom. The van der Waals surface area contributed by atoms with Gasteiger partial charge in [0, 0.05) is 42.3 Å². The highest BCUT2D eigenvalue weighted by atomic mass is 16.2. The first-order valence-electron chi connectivity index (χ1n) is 6.59. The minimum absolute atomic E-state index is 0.608. The van der Waals surface area contributed by atoms with Crippen molar-refractivity contribution in [2.75, 3.05) is 0 Å². The van der Waals surface area contributed by atoms with Gasteiger partial charge in [-0.25, -0.2) is 56.2 Å². The van der Waals surface area contributed by atoms with Crippen LogP contribution in [0.3, 0.4) is 0 Å². The Kier molecular flexibility index (Phi) is 5.12. The number of hydrogen-bond donors (Lipinski definition) is 0. The van der Waals surface area contributed by atoms with Gasteiger partial charge in [0.25, 0.3) is 0 Å². The predicted octanol–water partition coefficient (Wildman–Crippen LogP) is -4.43. The molecule has 0 aliphatic rings. The lowest BCUT2D eigenvalue weighted by atomic mass is 10.8. The van der Waals surface area contributed by atoms with Gasteiger partial charge in [-0.05, 0) is 0 Å². The smallest absolute Gasteiger partial charge is 0.248 e. The second-order valence-corrected chi connectivity index (χ2v) is 5.05. The van der Waals surface area contributed by atoms with Gasteiger partial charge >= 0.3 is 34.1 Å². The standard InChI is InChI=1S/2C6H9N3O3/c2*1-7-4(10)8(2)6(12)9(3)5(7)11/h2*1-3H3. The number of rotatable bonds is 0. The molecule has 0 spiro atoms. The third kappa shape index (κ3) is 2.98. The highest BCUT2D eigenvalue weighted by molar-refractivity contribution is 4.74. The van der Waals surface area contributed by atoms with E-state index in [1.165, 1.54) is 42.3 Å².